The molecule has 1 aliphatic heterocycles. The van der Waals surface area contributed by atoms with E-state index in [-0.39, 0.29) is 24.1 Å². The van der Waals surface area contributed by atoms with Crippen molar-refractivity contribution < 1.29 is 13.9 Å². The maximum absolute atomic E-state index is 13.9. The first-order valence-electron chi connectivity index (χ1n) is 9.15. The van der Waals surface area contributed by atoms with E-state index in [1.165, 1.54) is 35.5 Å². The molecule has 8 nitrogen and oxygen atoms in total. The molecular weight excluding hydrogens is 375 g/mol. The van der Waals surface area contributed by atoms with E-state index >= 15 is 0 Å². The topological polar surface area (TPSA) is 120 Å². The second kappa shape index (κ2) is 8.26. The van der Waals surface area contributed by atoms with Crippen LogP contribution in [0.25, 0.3) is 0 Å². The summed E-state index contributed by atoms with van der Waals surface area (Å²) in [7, 11) is 1.64. The van der Waals surface area contributed by atoms with Crippen molar-refractivity contribution in [1.82, 2.24) is 14.9 Å². The second-order valence-electron chi connectivity index (χ2n) is 6.61. The highest BCUT2D eigenvalue weighted by atomic mass is 19.1. The van der Waals surface area contributed by atoms with Crippen molar-refractivity contribution in [3.63, 3.8) is 0 Å². The third kappa shape index (κ3) is 4.03. The third-order valence-electron chi connectivity index (χ3n) is 4.56. The van der Waals surface area contributed by atoms with Gasteiger partial charge in [-0.1, -0.05) is 0 Å². The molecule has 0 spiro atoms. The number of carbonyl (C=O) groups is 1. The first-order valence-corrected chi connectivity index (χ1v) is 9.15. The van der Waals surface area contributed by atoms with Crippen LogP contribution in [0.2, 0.25) is 0 Å². The average Bonchev–Trinajstić information content (AvgIpc) is 2.70. The van der Waals surface area contributed by atoms with Crippen LogP contribution in [0.4, 0.5) is 10.2 Å². The van der Waals surface area contributed by atoms with Gasteiger partial charge in [0.2, 0.25) is 0 Å². The van der Waals surface area contributed by atoms with Crippen LogP contribution in [0, 0.1) is 5.82 Å². The summed E-state index contributed by atoms with van der Waals surface area (Å²) in [6.07, 6.45) is 2.17. The molecular formula is C20H23FN6O2. The Labute approximate surface area is 168 Å². The lowest BCUT2D eigenvalue weighted by atomic mass is 10.0. The van der Waals surface area contributed by atoms with E-state index in [0.717, 1.165) is 0 Å². The van der Waals surface area contributed by atoms with Gasteiger partial charge >= 0.3 is 0 Å². The highest BCUT2D eigenvalue weighted by molar-refractivity contribution is 6.12. The molecule has 2 heterocycles. The Bertz CT molecular complexity index is 1000. The number of nitrogen functional groups attached to an aromatic ring is 1. The Morgan fingerprint density at radius 1 is 1.45 bits per heavy atom. The van der Waals surface area contributed by atoms with Crippen molar-refractivity contribution >= 4 is 17.4 Å². The summed E-state index contributed by atoms with van der Waals surface area (Å²) >= 11 is 0. The van der Waals surface area contributed by atoms with Crippen LogP contribution < -0.4 is 16.2 Å². The summed E-state index contributed by atoms with van der Waals surface area (Å²) in [5.74, 6) is -0.622. The summed E-state index contributed by atoms with van der Waals surface area (Å²) < 4.78 is 19.8. The fourth-order valence-corrected chi connectivity index (χ4v) is 3.12. The highest BCUT2D eigenvalue weighted by Gasteiger charge is 2.25. The number of hydrogen-bond donors (Lipinski definition) is 2. The number of nitrogens with two attached hydrogens (primary N) is 2. The van der Waals surface area contributed by atoms with E-state index in [4.69, 9.17) is 16.2 Å². The fourth-order valence-electron chi connectivity index (χ4n) is 3.12. The maximum Gasteiger partial charge on any atom is 0.258 e. The molecule has 29 heavy (non-hydrogen) atoms. The molecule has 4 N–H and O–H groups in total. The van der Waals surface area contributed by atoms with Crippen molar-refractivity contribution in [2.45, 2.75) is 20.0 Å². The molecule has 9 heteroatoms. The van der Waals surface area contributed by atoms with Crippen LogP contribution in [0.5, 0.6) is 5.88 Å². The van der Waals surface area contributed by atoms with Crippen LogP contribution in [0.1, 0.15) is 41.6 Å². The number of rotatable bonds is 1. The maximum atomic E-state index is 13.9. The van der Waals surface area contributed by atoms with Gasteiger partial charge < -0.3 is 21.1 Å². The average molecular weight is 398 g/mol. The van der Waals surface area contributed by atoms with Gasteiger partial charge in [0.1, 0.15) is 17.6 Å². The number of ether oxygens (including phenoxy) is 1. The molecule has 0 radical (unpaired) electrons. The number of halogens is 1. The minimum atomic E-state index is -0.694. The number of anilines is 1. The smallest absolute Gasteiger partial charge is 0.258 e. The van der Waals surface area contributed by atoms with Gasteiger partial charge in [-0.15, -0.1) is 0 Å². The van der Waals surface area contributed by atoms with Crippen LogP contribution >= 0.6 is 0 Å². The molecule has 1 aromatic carbocycles. The zero-order chi connectivity index (χ0) is 21.1. The van der Waals surface area contributed by atoms with Gasteiger partial charge in [0.05, 0.1) is 11.9 Å². The van der Waals surface area contributed by atoms with Crippen molar-refractivity contribution in [3.8, 4) is 5.88 Å². The first-order chi connectivity index (χ1) is 13.8. The van der Waals surface area contributed by atoms with E-state index in [1.807, 2.05) is 6.92 Å². The number of amides is 1. The van der Waals surface area contributed by atoms with E-state index in [0.29, 0.717) is 34.7 Å². The Morgan fingerprint density at radius 2 is 2.21 bits per heavy atom. The van der Waals surface area contributed by atoms with Crippen molar-refractivity contribution in [2.75, 3.05) is 25.9 Å². The Kier molecular flexibility index (Phi) is 5.76. The molecule has 0 aliphatic carbocycles. The molecule has 0 fully saturated rings. The van der Waals surface area contributed by atoms with Crippen LogP contribution in [-0.2, 0) is 0 Å². The standard InChI is InChI=1S/C20H23FN6O2/c1-4-24-17-12(8-22)10-27(3)20(28)14-6-5-13(21)7-15(14)11(2)29-19-18(23)25-9-16(17)26-19/h5-9,11H,4,10,22H2,1-3H3,(H2,23,25)/b12-8-,24-17?. The molecule has 1 aromatic heterocycles. The minimum absolute atomic E-state index is 0.0757. The Balaban J connectivity index is 2.23. The van der Waals surface area contributed by atoms with Gasteiger partial charge in [-0.05, 0) is 32.0 Å². The van der Waals surface area contributed by atoms with E-state index in [9.17, 15) is 9.18 Å². The van der Waals surface area contributed by atoms with Crippen LogP contribution in [0.3, 0.4) is 0 Å². The number of hydrogen-bond acceptors (Lipinski definition) is 7. The van der Waals surface area contributed by atoms with Gasteiger partial charge in [0.25, 0.3) is 11.8 Å². The molecule has 152 valence electrons. The number of nitrogens with zero attached hydrogens (tertiary/aromatic N) is 4. The predicted molar refractivity (Wildman–Crippen MR) is 108 cm³/mol. The summed E-state index contributed by atoms with van der Waals surface area (Å²) in [5, 5.41) is 0. The number of aliphatic imine (C=N–C) groups is 1. The molecule has 2 bridgehead atoms. The predicted octanol–water partition coefficient (Wildman–Crippen LogP) is 2.08. The molecule has 0 saturated heterocycles. The lowest BCUT2D eigenvalue weighted by Crippen LogP contribution is -2.33. The molecule has 3 rings (SSSR count). The lowest BCUT2D eigenvalue weighted by Gasteiger charge is -2.25. The Hall–Kier alpha value is -3.49. The minimum Gasteiger partial charge on any atom is -0.467 e. The van der Waals surface area contributed by atoms with Crippen molar-refractivity contribution in [1.29, 1.82) is 0 Å². The fraction of sp³-hybridized carbons (Fsp3) is 0.300. The van der Waals surface area contributed by atoms with Crippen LogP contribution in [-0.4, -0.2) is 46.6 Å². The summed E-state index contributed by atoms with van der Waals surface area (Å²) in [5.41, 5.74) is 14.0. The van der Waals surface area contributed by atoms with Gasteiger partial charge in [0.15, 0.2) is 5.82 Å². The number of likely N-dealkylation sites (N-methyl/N-ethyl adjacent to an activating group) is 1. The lowest BCUT2D eigenvalue weighted by molar-refractivity contribution is 0.0803. The van der Waals surface area contributed by atoms with Gasteiger partial charge in [0, 0.05) is 43.0 Å². The van der Waals surface area contributed by atoms with Crippen molar-refractivity contribution in [2.24, 2.45) is 10.7 Å². The largest absolute Gasteiger partial charge is 0.467 e. The Morgan fingerprint density at radius 3 is 2.90 bits per heavy atom. The molecule has 1 aliphatic rings. The normalized spacial score (nSPS) is 20.1. The number of carbonyl (C=O) groups excluding carboxylic acids is 1. The molecule has 2 aromatic rings. The highest BCUT2D eigenvalue weighted by Crippen LogP contribution is 2.29. The zero-order valence-corrected chi connectivity index (χ0v) is 16.5. The van der Waals surface area contributed by atoms with E-state index in [1.54, 1.807) is 14.0 Å². The quantitative estimate of drug-likeness (QED) is 0.759. The van der Waals surface area contributed by atoms with Gasteiger partial charge in [-0.2, -0.15) is 0 Å². The monoisotopic (exact) mass is 398 g/mol. The summed E-state index contributed by atoms with van der Waals surface area (Å²) in [6, 6.07) is 3.95. The number of aromatic nitrogens is 2. The summed E-state index contributed by atoms with van der Waals surface area (Å²) in [4.78, 5) is 27.7. The molecule has 0 saturated carbocycles. The van der Waals surface area contributed by atoms with E-state index in [2.05, 4.69) is 15.0 Å². The molecule has 1 unspecified atom stereocenters. The zero-order valence-electron chi connectivity index (χ0n) is 16.5. The summed E-state index contributed by atoms with van der Waals surface area (Å²) in [6.45, 7) is 4.23. The molecule has 1 atom stereocenters. The molecule has 1 amide bonds. The third-order valence-corrected chi connectivity index (χ3v) is 4.56. The van der Waals surface area contributed by atoms with E-state index < -0.39 is 11.9 Å². The SMILES string of the molecule is CCN=C1/C(=C\N)CN(C)C(=O)c2ccc(F)cc2C(C)Oc2nc1cnc2N. The number of benzene rings is 1. The number of fused-ring (bicyclic) bond motifs is 3. The second-order valence-corrected chi connectivity index (χ2v) is 6.61. The van der Waals surface area contributed by atoms with Crippen molar-refractivity contribution in [3.05, 3.63) is 58.8 Å². The first kappa shape index (κ1) is 20.2. The van der Waals surface area contributed by atoms with Gasteiger partial charge in [-0.25, -0.2) is 14.4 Å². The van der Waals surface area contributed by atoms with Crippen LogP contribution in [0.15, 0.2) is 41.2 Å². The van der Waals surface area contributed by atoms with Gasteiger partial charge in [-0.3, -0.25) is 9.79 Å².